The quantitative estimate of drug-likeness (QED) is 0.483. The van der Waals surface area contributed by atoms with Crippen LogP contribution in [0, 0.1) is 0 Å². The summed E-state index contributed by atoms with van der Waals surface area (Å²) in [5, 5.41) is 18.5. The van der Waals surface area contributed by atoms with E-state index in [-0.39, 0.29) is 16.5 Å². The molecule has 2 heterocycles. The number of nitrogens with zero attached hydrogens (tertiary/aromatic N) is 1. The first-order chi connectivity index (χ1) is 6.70. The molecule has 2 aromatic rings. The van der Waals surface area contributed by atoms with Crippen molar-refractivity contribution in [3.8, 4) is 0 Å². The van der Waals surface area contributed by atoms with Crippen molar-refractivity contribution in [2.75, 3.05) is 0 Å². The molecule has 0 amide bonds. The van der Waals surface area contributed by atoms with Crippen LogP contribution in [0.5, 0.6) is 0 Å². The van der Waals surface area contributed by atoms with Gasteiger partial charge in [-0.25, -0.2) is 0 Å². The van der Waals surface area contributed by atoms with E-state index in [0.29, 0.717) is 5.39 Å². The Morgan fingerprint density at radius 3 is 2.86 bits per heavy atom. The fourth-order valence-corrected chi connectivity index (χ4v) is 1.34. The van der Waals surface area contributed by atoms with Crippen LogP contribution >= 0.6 is 0 Å². The van der Waals surface area contributed by atoms with Gasteiger partial charge in [0.05, 0.1) is 0 Å². The molecule has 0 spiro atoms. The molecule has 0 aromatic carbocycles. The zero-order valence-electron chi connectivity index (χ0n) is 7.14. The molecule has 0 fully saturated rings. The van der Waals surface area contributed by atoms with Gasteiger partial charge in [-0.1, -0.05) is 0 Å². The fourth-order valence-electron chi connectivity index (χ4n) is 1.34. The van der Waals surface area contributed by atoms with E-state index in [2.05, 4.69) is 9.97 Å². The summed E-state index contributed by atoms with van der Waals surface area (Å²) in [6.07, 6.45) is 2.81. The first-order valence-electron chi connectivity index (χ1n) is 4.02. The SMILES string of the molecule is O=c1[nH]ccc2c(B(O)O)ccnc12. The summed E-state index contributed by atoms with van der Waals surface area (Å²) in [4.78, 5) is 17.6. The third-order valence-corrected chi connectivity index (χ3v) is 1.98. The summed E-state index contributed by atoms with van der Waals surface area (Å²) < 4.78 is 0. The minimum atomic E-state index is -1.60. The maximum atomic E-state index is 11.3. The highest BCUT2D eigenvalue weighted by Crippen LogP contribution is 2.01. The highest BCUT2D eigenvalue weighted by Gasteiger charge is 2.15. The minimum absolute atomic E-state index is 0.207. The van der Waals surface area contributed by atoms with Crippen LogP contribution in [-0.2, 0) is 0 Å². The van der Waals surface area contributed by atoms with E-state index in [9.17, 15) is 4.79 Å². The van der Waals surface area contributed by atoms with Crippen LogP contribution in [0.4, 0.5) is 0 Å². The van der Waals surface area contributed by atoms with E-state index in [1.165, 1.54) is 18.5 Å². The normalized spacial score (nSPS) is 10.4. The van der Waals surface area contributed by atoms with E-state index >= 15 is 0 Å². The Bertz CT molecular complexity index is 523. The molecular weight excluding hydrogens is 183 g/mol. The van der Waals surface area contributed by atoms with E-state index in [0.717, 1.165) is 0 Å². The van der Waals surface area contributed by atoms with Gasteiger partial charge in [0.15, 0.2) is 0 Å². The summed E-state index contributed by atoms with van der Waals surface area (Å²) in [7, 11) is -1.60. The molecule has 70 valence electrons. The van der Waals surface area contributed by atoms with Crippen LogP contribution in [-0.4, -0.2) is 27.1 Å². The molecule has 0 aliphatic heterocycles. The zero-order chi connectivity index (χ0) is 10.1. The molecule has 0 aliphatic rings. The predicted octanol–water partition coefficient (Wildman–Crippen LogP) is -1.40. The summed E-state index contributed by atoms with van der Waals surface area (Å²) in [5.41, 5.74) is 0.143. The van der Waals surface area contributed by atoms with Gasteiger partial charge in [0.1, 0.15) is 5.52 Å². The smallest absolute Gasteiger partial charge is 0.423 e. The Kier molecular flexibility index (Phi) is 2.07. The lowest BCUT2D eigenvalue weighted by molar-refractivity contribution is 0.426. The molecule has 0 atom stereocenters. The van der Waals surface area contributed by atoms with Crippen LogP contribution in [0.1, 0.15) is 0 Å². The minimum Gasteiger partial charge on any atom is -0.423 e. The number of hydrogen-bond donors (Lipinski definition) is 3. The predicted molar refractivity (Wildman–Crippen MR) is 52.2 cm³/mol. The molecule has 6 heteroatoms. The number of hydrogen-bond acceptors (Lipinski definition) is 4. The van der Waals surface area contributed by atoms with Crippen molar-refractivity contribution < 1.29 is 10.0 Å². The lowest BCUT2D eigenvalue weighted by Gasteiger charge is -2.02. The number of nitrogens with one attached hydrogen (secondary N) is 1. The van der Waals surface area contributed by atoms with Gasteiger partial charge in [0.25, 0.3) is 5.56 Å². The third-order valence-electron chi connectivity index (χ3n) is 1.98. The average Bonchev–Trinajstić information content (AvgIpc) is 2.17. The average molecular weight is 190 g/mol. The second-order valence-corrected chi connectivity index (χ2v) is 2.84. The van der Waals surface area contributed by atoms with E-state index in [1.807, 2.05) is 0 Å². The van der Waals surface area contributed by atoms with Crippen molar-refractivity contribution in [1.29, 1.82) is 0 Å². The van der Waals surface area contributed by atoms with Crippen LogP contribution < -0.4 is 11.0 Å². The van der Waals surface area contributed by atoms with Crippen molar-refractivity contribution in [3.05, 3.63) is 34.9 Å². The molecule has 0 radical (unpaired) electrons. The second-order valence-electron chi connectivity index (χ2n) is 2.84. The van der Waals surface area contributed by atoms with Gasteiger partial charge in [-0.3, -0.25) is 9.78 Å². The number of H-pyrrole nitrogens is 1. The van der Waals surface area contributed by atoms with Gasteiger partial charge in [-0.15, -0.1) is 0 Å². The highest BCUT2D eigenvalue weighted by atomic mass is 16.4. The fraction of sp³-hybridized carbons (Fsp3) is 0. The molecule has 0 aliphatic carbocycles. The van der Waals surface area contributed by atoms with Gasteiger partial charge in [0, 0.05) is 17.8 Å². The number of aromatic amines is 1. The maximum absolute atomic E-state index is 11.3. The number of fused-ring (bicyclic) bond motifs is 1. The summed E-state index contributed by atoms with van der Waals surface area (Å²) in [5.74, 6) is 0. The van der Waals surface area contributed by atoms with Crippen molar-refractivity contribution in [2.45, 2.75) is 0 Å². The first-order valence-corrected chi connectivity index (χ1v) is 4.02. The van der Waals surface area contributed by atoms with E-state index in [1.54, 1.807) is 6.07 Å². The maximum Gasteiger partial charge on any atom is 0.489 e. The summed E-state index contributed by atoms with van der Waals surface area (Å²) in [6, 6.07) is 3.05. The molecule has 3 N–H and O–H groups in total. The van der Waals surface area contributed by atoms with Gasteiger partial charge >= 0.3 is 7.12 Å². The van der Waals surface area contributed by atoms with Crippen LogP contribution in [0.15, 0.2) is 29.3 Å². The lowest BCUT2D eigenvalue weighted by Crippen LogP contribution is -2.31. The lowest BCUT2D eigenvalue weighted by atomic mass is 9.78. The van der Waals surface area contributed by atoms with Crippen molar-refractivity contribution in [1.82, 2.24) is 9.97 Å². The van der Waals surface area contributed by atoms with Crippen LogP contribution in [0.2, 0.25) is 0 Å². The monoisotopic (exact) mass is 190 g/mol. The second kappa shape index (κ2) is 3.24. The number of pyridine rings is 2. The molecule has 5 nitrogen and oxygen atoms in total. The Hall–Kier alpha value is -1.66. The van der Waals surface area contributed by atoms with Crippen LogP contribution in [0.25, 0.3) is 10.9 Å². The largest absolute Gasteiger partial charge is 0.489 e. The molecule has 2 rings (SSSR count). The Balaban J connectivity index is 2.88. The summed E-state index contributed by atoms with van der Waals surface area (Å²) in [6.45, 7) is 0. The van der Waals surface area contributed by atoms with Crippen molar-refractivity contribution in [2.24, 2.45) is 0 Å². The number of rotatable bonds is 1. The third kappa shape index (κ3) is 1.30. The Labute approximate surface area is 79.2 Å². The van der Waals surface area contributed by atoms with E-state index < -0.39 is 7.12 Å². The molecule has 0 bridgehead atoms. The zero-order valence-corrected chi connectivity index (χ0v) is 7.14. The van der Waals surface area contributed by atoms with Gasteiger partial charge in [-0.2, -0.15) is 0 Å². The highest BCUT2D eigenvalue weighted by molar-refractivity contribution is 6.61. The number of aromatic nitrogens is 2. The van der Waals surface area contributed by atoms with Gasteiger partial charge in [0.2, 0.25) is 0 Å². The van der Waals surface area contributed by atoms with Gasteiger partial charge < -0.3 is 15.0 Å². The molecule has 0 saturated carbocycles. The molecular formula is C8H7BN2O3. The topological polar surface area (TPSA) is 86.2 Å². The molecule has 14 heavy (non-hydrogen) atoms. The van der Waals surface area contributed by atoms with Crippen molar-refractivity contribution in [3.63, 3.8) is 0 Å². The van der Waals surface area contributed by atoms with Crippen molar-refractivity contribution >= 4 is 23.5 Å². The molecule has 0 saturated heterocycles. The standard InChI is InChI=1S/C8H7BN2O3/c12-8-7-5(1-3-11-8)6(9(13)14)2-4-10-7/h1-4,13-14H,(H,11,12). The molecule has 0 unspecified atom stereocenters. The molecule has 2 aromatic heterocycles. The van der Waals surface area contributed by atoms with Crippen LogP contribution in [0.3, 0.4) is 0 Å². The Morgan fingerprint density at radius 2 is 2.14 bits per heavy atom. The van der Waals surface area contributed by atoms with Gasteiger partial charge in [-0.05, 0) is 17.6 Å². The Morgan fingerprint density at radius 1 is 1.36 bits per heavy atom. The summed E-state index contributed by atoms with van der Waals surface area (Å²) >= 11 is 0. The first kappa shape index (κ1) is 8.92. The van der Waals surface area contributed by atoms with E-state index in [4.69, 9.17) is 10.0 Å².